The summed E-state index contributed by atoms with van der Waals surface area (Å²) in [5, 5.41) is 2.87. The van der Waals surface area contributed by atoms with E-state index in [-0.39, 0.29) is 11.8 Å². The van der Waals surface area contributed by atoms with Gasteiger partial charge < -0.3 is 10.2 Å². The number of piperazine rings is 1. The molecule has 5 heteroatoms. The van der Waals surface area contributed by atoms with Crippen LogP contribution >= 0.6 is 15.9 Å². The highest BCUT2D eigenvalue weighted by atomic mass is 79.9. The molecule has 2 rings (SSSR count). The molecule has 0 aromatic heterocycles. The Morgan fingerprint density at radius 3 is 2.52 bits per heavy atom. The zero-order valence-corrected chi connectivity index (χ0v) is 13.8. The Morgan fingerprint density at radius 1 is 1.38 bits per heavy atom. The van der Waals surface area contributed by atoms with Gasteiger partial charge in [-0.1, -0.05) is 59.8 Å². The number of halogens is 1. The second-order valence-corrected chi connectivity index (χ2v) is 6.56. The first kappa shape index (κ1) is 15.8. The Morgan fingerprint density at radius 2 is 2.00 bits per heavy atom. The summed E-state index contributed by atoms with van der Waals surface area (Å²) in [7, 11) is 0. The average molecular weight is 351 g/mol. The molecule has 4 nitrogen and oxygen atoms in total. The van der Waals surface area contributed by atoms with E-state index in [4.69, 9.17) is 0 Å². The minimum Gasteiger partial charge on any atom is -0.340 e. The fourth-order valence-corrected chi connectivity index (χ4v) is 2.79. The van der Waals surface area contributed by atoms with E-state index in [2.05, 4.69) is 27.8 Å². The van der Waals surface area contributed by atoms with Crippen LogP contribution < -0.4 is 5.32 Å². The lowest BCUT2D eigenvalue weighted by Crippen LogP contribution is -2.66. The van der Waals surface area contributed by atoms with Crippen LogP contribution in [0.3, 0.4) is 0 Å². The van der Waals surface area contributed by atoms with Gasteiger partial charge in [0.15, 0.2) is 0 Å². The van der Waals surface area contributed by atoms with Crippen molar-refractivity contribution in [1.82, 2.24) is 10.2 Å². The third kappa shape index (κ3) is 3.02. The standard InChI is InChI=1S/C16H19BrN2O2/c1-4-16(3)15(21)19(10-11(2)17)13(14(20)18-16)12-8-6-5-7-9-12/h5-9,13H,2,4,10H2,1,3H3,(H,18,20). The Balaban J connectivity index is 2.45. The van der Waals surface area contributed by atoms with Gasteiger partial charge in [-0.05, 0) is 18.9 Å². The Kier molecular flexibility index (Phi) is 4.52. The van der Waals surface area contributed by atoms with Crippen molar-refractivity contribution in [3.8, 4) is 0 Å². The maximum absolute atomic E-state index is 12.8. The smallest absolute Gasteiger partial charge is 0.249 e. The Bertz CT molecular complexity index is 573. The van der Waals surface area contributed by atoms with Crippen molar-refractivity contribution in [3.05, 3.63) is 47.0 Å². The Labute approximate surface area is 133 Å². The molecule has 2 unspecified atom stereocenters. The molecule has 0 saturated carbocycles. The van der Waals surface area contributed by atoms with Crippen LogP contribution in [0.25, 0.3) is 0 Å². The van der Waals surface area contributed by atoms with Crippen LogP contribution in [0.5, 0.6) is 0 Å². The predicted molar refractivity (Wildman–Crippen MR) is 85.8 cm³/mol. The molecule has 0 bridgehead atoms. The molecule has 21 heavy (non-hydrogen) atoms. The molecule has 2 atom stereocenters. The van der Waals surface area contributed by atoms with Crippen molar-refractivity contribution >= 4 is 27.7 Å². The third-order valence-corrected chi connectivity index (χ3v) is 4.11. The molecule has 2 amide bonds. The fourth-order valence-electron chi connectivity index (χ4n) is 2.52. The second kappa shape index (κ2) is 6.02. The molecule has 0 radical (unpaired) electrons. The van der Waals surface area contributed by atoms with Crippen LogP contribution in [0.2, 0.25) is 0 Å². The molecule has 0 aliphatic carbocycles. The summed E-state index contributed by atoms with van der Waals surface area (Å²) in [5.41, 5.74) is -0.0552. The maximum Gasteiger partial charge on any atom is 0.249 e. The highest BCUT2D eigenvalue weighted by molar-refractivity contribution is 9.11. The zero-order chi connectivity index (χ0) is 15.6. The predicted octanol–water partition coefficient (Wildman–Crippen LogP) is 2.76. The minimum atomic E-state index is -0.856. The van der Waals surface area contributed by atoms with Crippen molar-refractivity contribution in [2.45, 2.75) is 31.8 Å². The minimum absolute atomic E-state index is 0.0842. The molecule has 1 saturated heterocycles. The van der Waals surface area contributed by atoms with Gasteiger partial charge in [-0.2, -0.15) is 0 Å². The fraction of sp³-hybridized carbons (Fsp3) is 0.375. The van der Waals surface area contributed by atoms with Crippen LogP contribution in [0.4, 0.5) is 0 Å². The van der Waals surface area contributed by atoms with Gasteiger partial charge in [0.2, 0.25) is 11.8 Å². The van der Waals surface area contributed by atoms with E-state index in [0.717, 1.165) is 5.56 Å². The molecule has 1 N–H and O–H groups in total. The number of benzene rings is 1. The average Bonchev–Trinajstić information content (AvgIpc) is 2.45. The van der Waals surface area contributed by atoms with E-state index in [1.165, 1.54) is 0 Å². The van der Waals surface area contributed by atoms with Crippen molar-refractivity contribution in [2.24, 2.45) is 0 Å². The molecule has 1 aromatic carbocycles. The van der Waals surface area contributed by atoms with E-state index < -0.39 is 11.6 Å². The Hall–Kier alpha value is -1.62. The number of carbonyl (C=O) groups excluding carboxylic acids is 2. The molecule has 112 valence electrons. The van der Waals surface area contributed by atoms with Crippen LogP contribution in [-0.2, 0) is 9.59 Å². The van der Waals surface area contributed by atoms with Gasteiger partial charge in [-0.25, -0.2) is 0 Å². The molecule has 0 spiro atoms. The van der Waals surface area contributed by atoms with E-state index in [1.54, 1.807) is 11.8 Å². The first-order chi connectivity index (χ1) is 9.89. The highest BCUT2D eigenvalue weighted by Crippen LogP contribution is 2.31. The van der Waals surface area contributed by atoms with Gasteiger partial charge in [0.05, 0.1) is 6.54 Å². The lowest BCUT2D eigenvalue weighted by molar-refractivity contribution is -0.154. The molecular formula is C16H19BrN2O2. The van der Waals surface area contributed by atoms with Gasteiger partial charge in [-0.15, -0.1) is 0 Å². The van der Waals surface area contributed by atoms with Crippen LogP contribution in [-0.4, -0.2) is 28.8 Å². The van der Waals surface area contributed by atoms with Gasteiger partial charge in [0.25, 0.3) is 0 Å². The van der Waals surface area contributed by atoms with Crippen LogP contribution in [0.1, 0.15) is 31.9 Å². The molecule has 1 fully saturated rings. The van der Waals surface area contributed by atoms with Crippen molar-refractivity contribution in [3.63, 3.8) is 0 Å². The normalized spacial score (nSPS) is 25.7. The number of nitrogens with zero attached hydrogens (tertiary/aromatic N) is 1. The van der Waals surface area contributed by atoms with Gasteiger partial charge in [0, 0.05) is 4.48 Å². The topological polar surface area (TPSA) is 49.4 Å². The summed E-state index contributed by atoms with van der Waals surface area (Å²) in [4.78, 5) is 26.9. The summed E-state index contributed by atoms with van der Waals surface area (Å²) in [6.07, 6.45) is 0.546. The summed E-state index contributed by atoms with van der Waals surface area (Å²) < 4.78 is 0.671. The number of hydrogen-bond donors (Lipinski definition) is 1. The molecule has 1 aliphatic heterocycles. The largest absolute Gasteiger partial charge is 0.340 e. The van der Waals surface area contributed by atoms with E-state index in [1.807, 2.05) is 37.3 Å². The number of amides is 2. The molecule has 1 aliphatic rings. The summed E-state index contributed by atoms with van der Waals surface area (Å²) >= 11 is 3.30. The van der Waals surface area contributed by atoms with Gasteiger partial charge in [-0.3, -0.25) is 9.59 Å². The lowest BCUT2D eigenvalue weighted by atomic mass is 9.89. The quantitative estimate of drug-likeness (QED) is 0.907. The van der Waals surface area contributed by atoms with Crippen molar-refractivity contribution < 1.29 is 9.59 Å². The SMILES string of the molecule is C=C(Br)CN1C(=O)C(C)(CC)NC(=O)C1c1ccccc1. The molecule has 1 aromatic rings. The van der Waals surface area contributed by atoms with Gasteiger partial charge in [0.1, 0.15) is 11.6 Å². The summed E-state index contributed by atoms with van der Waals surface area (Å²) in [5.74, 6) is -0.238. The zero-order valence-electron chi connectivity index (χ0n) is 12.2. The molecule has 1 heterocycles. The van der Waals surface area contributed by atoms with Crippen molar-refractivity contribution in [2.75, 3.05) is 6.54 Å². The highest BCUT2D eigenvalue weighted by Gasteiger charge is 2.47. The maximum atomic E-state index is 12.8. The van der Waals surface area contributed by atoms with E-state index in [0.29, 0.717) is 17.4 Å². The van der Waals surface area contributed by atoms with Crippen LogP contribution in [0, 0.1) is 0 Å². The van der Waals surface area contributed by atoms with E-state index >= 15 is 0 Å². The second-order valence-electron chi connectivity index (χ2n) is 5.44. The number of hydrogen-bond acceptors (Lipinski definition) is 2. The third-order valence-electron chi connectivity index (χ3n) is 3.86. The summed E-state index contributed by atoms with van der Waals surface area (Å²) in [6, 6.07) is 8.71. The van der Waals surface area contributed by atoms with Crippen LogP contribution in [0.15, 0.2) is 41.4 Å². The number of carbonyl (C=O) groups is 2. The molecular weight excluding hydrogens is 332 g/mol. The number of rotatable bonds is 4. The number of nitrogens with one attached hydrogen (secondary N) is 1. The van der Waals surface area contributed by atoms with E-state index in [9.17, 15) is 9.59 Å². The lowest BCUT2D eigenvalue weighted by Gasteiger charge is -2.44. The summed E-state index contributed by atoms with van der Waals surface area (Å²) in [6.45, 7) is 7.76. The monoisotopic (exact) mass is 350 g/mol. The first-order valence-electron chi connectivity index (χ1n) is 6.90. The van der Waals surface area contributed by atoms with Crippen molar-refractivity contribution in [1.29, 1.82) is 0 Å². The first-order valence-corrected chi connectivity index (χ1v) is 7.69. The van der Waals surface area contributed by atoms with Gasteiger partial charge >= 0.3 is 0 Å².